The Hall–Kier alpha value is -1.89. The van der Waals surface area contributed by atoms with Gasteiger partial charge < -0.3 is 19.4 Å². The third-order valence-electron chi connectivity index (χ3n) is 4.25. The van der Waals surface area contributed by atoms with Crippen molar-refractivity contribution in [2.75, 3.05) is 44.7 Å². The van der Waals surface area contributed by atoms with Gasteiger partial charge in [-0.1, -0.05) is 18.2 Å². The van der Waals surface area contributed by atoms with Crippen molar-refractivity contribution in [3.8, 4) is 0 Å². The number of furan rings is 1. The lowest BCUT2D eigenvalue weighted by Gasteiger charge is -2.29. The number of benzene rings is 1. The number of para-hydroxylation sites is 1. The lowest BCUT2D eigenvalue weighted by molar-refractivity contribution is 0.0367. The number of nitrogens with one attached hydrogen (secondary N) is 1. The molecule has 6 heteroatoms. The van der Waals surface area contributed by atoms with Gasteiger partial charge in [0.25, 0.3) is 0 Å². The monoisotopic (exact) mass is 359 g/mol. The van der Waals surface area contributed by atoms with Gasteiger partial charge in [0.05, 0.1) is 26.0 Å². The van der Waals surface area contributed by atoms with Crippen molar-refractivity contribution >= 4 is 23.0 Å². The molecule has 1 aromatic carbocycles. The zero-order valence-electron chi connectivity index (χ0n) is 14.4. The van der Waals surface area contributed by atoms with E-state index >= 15 is 0 Å². The first-order valence-corrected chi connectivity index (χ1v) is 9.15. The molecule has 5 nitrogen and oxygen atoms in total. The van der Waals surface area contributed by atoms with Crippen LogP contribution in [-0.4, -0.2) is 54.3 Å². The molecular formula is C19H25N3O2S. The Bertz CT molecular complexity index is 627. The fraction of sp³-hybridized carbons (Fsp3) is 0.421. The molecule has 0 atom stereocenters. The number of nitrogens with zero attached hydrogens (tertiary/aromatic N) is 2. The average molecular weight is 359 g/mol. The number of morpholine rings is 1. The van der Waals surface area contributed by atoms with E-state index in [0.29, 0.717) is 6.54 Å². The van der Waals surface area contributed by atoms with Gasteiger partial charge in [-0.05, 0) is 42.9 Å². The fourth-order valence-electron chi connectivity index (χ4n) is 2.88. The first-order valence-electron chi connectivity index (χ1n) is 8.75. The summed E-state index contributed by atoms with van der Waals surface area (Å²) >= 11 is 5.64. The number of rotatable bonds is 7. The zero-order chi connectivity index (χ0) is 17.3. The number of hydrogen-bond donors (Lipinski definition) is 1. The highest BCUT2D eigenvalue weighted by Crippen LogP contribution is 2.11. The van der Waals surface area contributed by atoms with Crippen molar-refractivity contribution in [1.82, 2.24) is 9.80 Å². The minimum absolute atomic E-state index is 0.675. The van der Waals surface area contributed by atoms with Crippen LogP contribution in [0.2, 0.25) is 0 Å². The van der Waals surface area contributed by atoms with Crippen LogP contribution in [-0.2, 0) is 11.3 Å². The first kappa shape index (κ1) is 17.9. The lowest BCUT2D eigenvalue weighted by atomic mass is 10.3. The second-order valence-electron chi connectivity index (χ2n) is 6.10. The third kappa shape index (κ3) is 5.85. The zero-order valence-corrected chi connectivity index (χ0v) is 15.2. The van der Waals surface area contributed by atoms with E-state index in [2.05, 4.69) is 15.1 Å². The maximum absolute atomic E-state index is 5.64. The molecule has 1 fully saturated rings. The van der Waals surface area contributed by atoms with Crippen LogP contribution in [0.4, 0.5) is 5.69 Å². The Morgan fingerprint density at radius 1 is 1.12 bits per heavy atom. The Kier molecular flexibility index (Phi) is 6.85. The summed E-state index contributed by atoms with van der Waals surface area (Å²) in [6, 6.07) is 13.9. The van der Waals surface area contributed by atoms with Gasteiger partial charge in [-0.25, -0.2) is 0 Å². The maximum Gasteiger partial charge on any atom is 0.173 e. The summed E-state index contributed by atoms with van der Waals surface area (Å²) in [5.74, 6) is 0.920. The van der Waals surface area contributed by atoms with E-state index in [0.717, 1.165) is 62.4 Å². The summed E-state index contributed by atoms with van der Waals surface area (Å²) in [5, 5.41) is 4.05. The van der Waals surface area contributed by atoms with Crippen LogP contribution >= 0.6 is 12.2 Å². The highest BCUT2D eigenvalue weighted by Gasteiger charge is 2.14. The molecule has 0 unspecified atom stereocenters. The molecule has 0 aliphatic carbocycles. The van der Waals surface area contributed by atoms with Gasteiger partial charge >= 0.3 is 0 Å². The Labute approximate surface area is 154 Å². The molecule has 134 valence electrons. The molecule has 0 spiro atoms. The molecule has 0 saturated carbocycles. The summed E-state index contributed by atoms with van der Waals surface area (Å²) in [6.07, 6.45) is 2.76. The van der Waals surface area contributed by atoms with Crippen LogP contribution in [0.25, 0.3) is 0 Å². The summed E-state index contributed by atoms with van der Waals surface area (Å²) in [6.45, 7) is 6.33. The molecule has 3 rings (SSSR count). The predicted molar refractivity (Wildman–Crippen MR) is 104 cm³/mol. The molecule has 0 radical (unpaired) electrons. The van der Waals surface area contributed by atoms with Crippen molar-refractivity contribution in [3.63, 3.8) is 0 Å². The van der Waals surface area contributed by atoms with Crippen LogP contribution in [0.3, 0.4) is 0 Å². The topological polar surface area (TPSA) is 40.9 Å². The Morgan fingerprint density at radius 2 is 1.92 bits per heavy atom. The molecular weight excluding hydrogens is 334 g/mol. The second kappa shape index (κ2) is 9.56. The lowest BCUT2D eigenvalue weighted by Crippen LogP contribution is -2.39. The highest BCUT2D eigenvalue weighted by molar-refractivity contribution is 7.80. The molecule has 1 N–H and O–H groups in total. The summed E-state index contributed by atoms with van der Waals surface area (Å²) in [7, 11) is 0. The standard InChI is InChI=1S/C19H25N3O2S/c25-19(20-17-6-2-1-3-7-17)22(16-18-8-4-13-24-18)10-5-9-21-11-14-23-15-12-21/h1-4,6-8,13H,5,9-12,14-16H2,(H,20,25). The van der Waals surface area contributed by atoms with Gasteiger partial charge in [-0.15, -0.1) is 0 Å². The van der Waals surface area contributed by atoms with E-state index in [9.17, 15) is 0 Å². The van der Waals surface area contributed by atoms with E-state index in [-0.39, 0.29) is 0 Å². The molecule has 0 bridgehead atoms. The largest absolute Gasteiger partial charge is 0.467 e. The summed E-state index contributed by atoms with van der Waals surface area (Å²) in [4.78, 5) is 4.61. The Morgan fingerprint density at radius 3 is 2.64 bits per heavy atom. The molecule has 2 aromatic rings. The third-order valence-corrected chi connectivity index (χ3v) is 4.61. The number of thiocarbonyl (C=S) groups is 1. The number of anilines is 1. The SMILES string of the molecule is S=C(Nc1ccccc1)N(CCCN1CCOCC1)Cc1ccco1. The molecule has 0 amide bonds. The smallest absolute Gasteiger partial charge is 0.173 e. The fourth-order valence-corrected chi connectivity index (χ4v) is 3.15. The van der Waals surface area contributed by atoms with Crippen LogP contribution < -0.4 is 5.32 Å². The van der Waals surface area contributed by atoms with Gasteiger partial charge in [-0.2, -0.15) is 0 Å². The van der Waals surface area contributed by atoms with Gasteiger partial charge in [0.2, 0.25) is 0 Å². The molecule has 2 heterocycles. The Balaban J connectivity index is 1.55. The second-order valence-corrected chi connectivity index (χ2v) is 6.49. The van der Waals surface area contributed by atoms with Crippen molar-refractivity contribution in [2.24, 2.45) is 0 Å². The maximum atomic E-state index is 5.64. The quantitative estimate of drug-likeness (QED) is 0.766. The van der Waals surface area contributed by atoms with Gasteiger partial charge in [0, 0.05) is 31.9 Å². The minimum atomic E-state index is 0.675. The van der Waals surface area contributed by atoms with E-state index in [1.807, 2.05) is 42.5 Å². The number of hydrogen-bond acceptors (Lipinski definition) is 4. The van der Waals surface area contributed by atoms with E-state index in [4.69, 9.17) is 21.4 Å². The van der Waals surface area contributed by atoms with Crippen LogP contribution in [0, 0.1) is 0 Å². The highest BCUT2D eigenvalue weighted by atomic mass is 32.1. The van der Waals surface area contributed by atoms with Gasteiger partial charge in [0.15, 0.2) is 5.11 Å². The predicted octanol–water partition coefficient (Wildman–Crippen LogP) is 3.20. The van der Waals surface area contributed by atoms with Crippen LogP contribution in [0.15, 0.2) is 53.1 Å². The van der Waals surface area contributed by atoms with E-state index < -0.39 is 0 Å². The normalized spacial score (nSPS) is 15.0. The first-order chi connectivity index (χ1) is 12.3. The molecule has 1 aromatic heterocycles. The average Bonchev–Trinajstić information content (AvgIpc) is 3.16. The minimum Gasteiger partial charge on any atom is -0.467 e. The number of ether oxygens (including phenoxy) is 1. The van der Waals surface area contributed by atoms with Crippen molar-refractivity contribution in [3.05, 3.63) is 54.5 Å². The summed E-state index contributed by atoms with van der Waals surface area (Å²) in [5.41, 5.74) is 1.00. The van der Waals surface area contributed by atoms with Gasteiger partial charge in [-0.3, -0.25) is 4.90 Å². The van der Waals surface area contributed by atoms with Crippen molar-refractivity contribution < 1.29 is 9.15 Å². The van der Waals surface area contributed by atoms with Crippen molar-refractivity contribution in [1.29, 1.82) is 0 Å². The molecule has 1 aliphatic heterocycles. The molecule has 1 aliphatic rings. The summed E-state index contributed by atoms with van der Waals surface area (Å²) < 4.78 is 10.9. The van der Waals surface area contributed by atoms with Gasteiger partial charge in [0.1, 0.15) is 5.76 Å². The van der Waals surface area contributed by atoms with Crippen LogP contribution in [0.5, 0.6) is 0 Å². The molecule has 1 saturated heterocycles. The van der Waals surface area contributed by atoms with E-state index in [1.54, 1.807) is 6.26 Å². The van der Waals surface area contributed by atoms with Crippen molar-refractivity contribution in [2.45, 2.75) is 13.0 Å². The molecule has 25 heavy (non-hydrogen) atoms. The van der Waals surface area contributed by atoms with E-state index in [1.165, 1.54) is 0 Å². The van der Waals surface area contributed by atoms with Crippen LogP contribution in [0.1, 0.15) is 12.2 Å².